The first kappa shape index (κ1) is 34.7. The van der Waals surface area contributed by atoms with Crippen molar-refractivity contribution in [3.8, 4) is 28.0 Å². The van der Waals surface area contributed by atoms with E-state index in [1.54, 1.807) is 24.3 Å². The molecular formula is C36H43F3O5. The number of rotatable bonds is 18. The summed E-state index contributed by atoms with van der Waals surface area (Å²) in [6.45, 7) is 4.80. The molecule has 5 nitrogen and oxygen atoms in total. The Labute approximate surface area is 258 Å². The Bertz CT molecular complexity index is 1320. The van der Waals surface area contributed by atoms with Gasteiger partial charge in [0.1, 0.15) is 5.75 Å². The summed E-state index contributed by atoms with van der Waals surface area (Å²) in [6, 6.07) is 18.3. The molecule has 0 saturated carbocycles. The number of alkyl halides is 3. The van der Waals surface area contributed by atoms with Crippen LogP contribution < -0.4 is 4.74 Å². The fraction of sp³-hybridized carbons (Fsp3) is 0.444. The summed E-state index contributed by atoms with van der Waals surface area (Å²) in [5, 5.41) is 9.61. The molecule has 238 valence electrons. The van der Waals surface area contributed by atoms with Crippen molar-refractivity contribution in [3.05, 3.63) is 77.9 Å². The Hall–Kier alpha value is -3.81. The van der Waals surface area contributed by atoms with Gasteiger partial charge in [-0.3, -0.25) is 0 Å². The Morgan fingerprint density at radius 3 is 1.86 bits per heavy atom. The molecule has 3 rings (SSSR count). The van der Waals surface area contributed by atoms with Gasteiger partial charge in [0.05, 0.1) is 17.7 Å². The fourth-order valence-electron chi connectivity index (χ4n) is 5.00. The molecule has 1 atom stereocenters. The second-order valence-corrected chi connectivity index (χ2v) is 11.1. The molecule has 1 unspecified atom stereocenters. The number of esters is 1. The average molecular weight is 613 g/mol. The highest BCUT2D eigenvalue weighted by molar-refractivity contribution is 5.94. The molecule has 0 heterocycles. The lowest BCUT2D eigenvalue weighted by atomic mass is 9.92. The molecule has 0 fully saturated rings. The Morgan fingerprint density at radius 1 is 0.705 bits per heavy atom. The number of hydrogen-bond donors (Lipinski definition) is 1. The van der Waals surface area contributed by atoms with E-state index in [0.29, 0.717) is 30.6 Å². The molecule has 0 aliphatic heterocycles. The maximum absolute atomic E-state index is 13.5. The maximum atomic E-state index is 13.5. The van der Waals surface area contributed by atoms with Gasteiger partial charge in [0, 0.05) is 0 Å². The van der Waals surface area contributed by atoms with E-state index in [4.69, 9.17) is 9.47 Å². The van der Waals surface area contributed by atoms with E-state index in [2.05, 4.69) is 6.92 Å². The van der Waals surface area contributed by atoms with Gasteiger partial charge in [-0.05, 0) is 77.9 Å². The van der Waals surface area contributed by atoms with Crippen LogP contribution in [0.2, 0.25) is 0 Å². The van der Waals surface area contributed by atoms with Crippen molar-refractivity contribution in [3.63, 3.8) is 0 Å². The third kappa shape index (κ3) is 10.7. The first-order valence-corrected chi connectivity index (χ1v) is 15.6. The normalized spacial score (nSPS) is 12.1. The van der Waals surface area contributed by atoms with E-state index in [1.807, 2.05) is 31.2 Å². The SMILES string of the molecule is CCCCCCCCOc1ccc(-c2ccc(C(=O)O)cc2-c2ccc(C(=O)OC(CCCCCC)C(F)(F)F)cc2)cc1. The highest BCUT2D eigenvalue weighted by atomic mass is 19.4. The van der Waals surface area contributed by atoms with Gasteiger partial charge in [0.25, 0.3) is 0 Å². The molecule has 3 aromatic rings. The summed E-state index contributed by atoms with van der Waals surface area (Å²) in [4.78, 5) is 24.4. The van der Waals surface area contributed by atoms with Crippen LogP contribution in [0.4, 0.5) is 13.2 Å². The number of halogens is 3. The summed E-state index contributed by atoms with van der Waals surface area (Å²) in [7, 11) is 0. The Kier molecular flexibility index (Phi) is 13.8. The van der Waals surface area contributed by atoms with Crippen molar-refractivity contribution in [2.45, 2.75) is 96.8 Å². The average Bonchev–Trinajstić information content (AvgIpc) is 3.01. The van der Waals surface area contributed by atoms with Crippen molar-refractivity contribution in [1.29, 1.82) is 0 Å². The van der Waals surface area contributed by atoms with Crippen molar-refractivity contribution < 1.29 is 37.3 Å². The first-order valence-electron chi connectivity index (χ1n) is 15.6. The number of ether oxygens (including phenoxy) is 2. The van der Waals surface area contributed by atoms with E-state index in [1.165, 1.54) is 43.9 Å². The smallest absolute Gasteiger partial charge is 0.425 e. The van der Waals surface area contributed by atoms with E-state index in [9.17, 15) is 27.9 Å². The highest BCUT2D eigenvalue weighted by Gasteiger charge is 2.42. The predicted octanol–water partition coefficient (Wildman–Crippen LogP) is 10.5. The molecule has 0 aliphatic rings. The van der Waals surface area contributed by atoms with Gasteiger partial charge in [0.15, 0.2) is 6.10 Å². The Morgan fingerprint density at radius 2 is 1.25 bits per heavy atom. The molecule has 0 amide bonds. The lowest BCUT2D eigenvalue weighted by Crippen LogP contribution is -2.33. The van der Waals surface area contributed by atoms with E-state index in [-0.39, 0.29) is 17.5 Å². The fourth-order valence-corrected chi connectivity index (χ4v) is 5.00. The molecule has 0 radical (unpaired) electrons. The van der Waals surface area contributed by atoms with Gasteiger partial charge in [-0.2, -0.15) is 13.2 Å². The van der Waals surface area contributed by atoms with Crippen LogP contribution in [0, 0.1) is 0 Å². The van der Waals surface area contributed by atoms with E-state index >= 15 is 0 Å². The zero-order valence-corrected chi connectivity index (χ0v) is 25.6. The van der Waals surface area contributed by atoms with E-state index < -0.39 is 24.2 Å². The van der Waals surface area contributed by atoms with Crippen LogP contribution in [0.1, 0.15) is 105 Å². The van der Waals surface area contributed by atoms with Gasteiger partial charge in [-0.15, -0.1) is 0 Å². The number of carboxylic acids is 1. The second kappa shape index (κ2) is 17.5. The Balaban J connectivity index is 1.75. The van der Waals surface area contributed by atoms with Gasteiger partial charge in [0.2, 0.25) is 0 Å². The highest BCUT2D eigenvalue weighted by Crippen LogP contribution is 2.35. The molecule has 1 N–H and O–H groups in total. The molecule has 0 spiro atoms. The molecule has 0 aliphatic carbocycles. The number of hydrogen-bond acceptors (Lipinski definition) is 4. The summed E-state index contributed by atoms with van der Waals surface area (Å²) in [5.74, 6) is -1.39. The topological polar surface area (TPSA) is 72.8 Å². The van der Waals surface area contributed by atoms with Crippen LogP contribution >= 0.6 is 0 Å². The van der Waals surface area contributed by atoms with Crippen LogP contribution in [0.25, 0.3) is 22.3 Å². The summed E-state index contributed by atoms with van der Waals surface area (Å²) < 4.78 is 51.3. The van der Waals surface area contributed by atoms with Gasteiger partial charge in [-0.25, -0.2) is 9.59 Å². The van der Waals surface area contributed by atoms with Crippen LogP contribution in [-0.4, -0.2) is 35.9 Å². The second-order valence-electron chi connectivity index (χ2n) is 11.1. The van der Waals surface area contributed by atoms with E-state index in [0.717, 1.165) is 42.6 Å². The number of unbranched alkanes of at least 4 members (excludes halogenated alkanes) is 8. The zero-order valence-electron chi connectivity index (χ0n) is 25.6. The number of benzene rings is 3. The summed E-state index contributed by atoms with van der Waals surface area (Å²) >= 11 is 0. The monoisotopic (exact) mass is 612 g/mol. The largest absolute Gasteiger partial charge is 0.494 e. The molecule has 0 saturated heterocycles. The molecular weight excluding hydrogens is 569 g/mol. The summed E-state index contributed by atoms with van der Waals surface area (Å²) in [5.41, 5.74) is 2.88. The van der Waals surface area contributed by atoms with Crippen LogP contribution in [0.3, 0.4) is 0 Å². The van der Waals surface area contributed by atoms with Crippen LogP contribution in [0.15, 0.2) is 66.7 Å². The van der Waals surface area contributed by atoms with Gasteiger partial charge < -0.3 is 14.6 Å². The van der Waals surface area contributed by atoms with Crippen LogP contribution in [0.5, 0.6) is 5.75 Å². The molecule has 0 bridgehead atoms. The van der Waals surface area contributed by atoms with Crippen molar-refractivity contribution in [1.82, 2.24) is 0 Å². The number of carbonyl (C=O) groups is 2. The van der Waals surface area contributed by atoms with Crippen molar-refractivity contribution in [2.24, 2.45) is 0 Å². The molecule has 3 aromatic carbocycles. The minimum atomic E-state index is -4.65. The minimum absolute atomic E-state index is 0.0145. The standard InChI is InChI=1S/C36H43F3O5/c1-3-5-7-9-10-12-24-43-30-21-18-26(19-22-30)31-23-20-29(34(40)41)25-32(31)27-14-16-28(17-15-27)35(42)44-33(36(37,38)39)13-11-8-6-4-2/h14-23,25,33H,3-13,24H2,1-2H3,(H,40,41). The number of aromatic carboxylic acids is 1. The third-order valence-corrected chi connectivity index (χ3v) is 7.56. The molecule has 0 aromatic heterocycles. The van der Waals surface area contributed by atoms with Crippen LogP contribution in [-0.2, 0) is 4.74 Å². The molecule has 8 heteroatoms. The van der Waals surface area contributed by atoms with Gasteiger partial charge >= 0.3 is 18.1 Å². The quantitative estimate of drug-likeness (QED) is 0.114. The number of carboxylic acid groups (broad SMARTS) is 1. The van der Waals surface area contributed by atoms with Crippen molar-refractivity contribution in [2.75, 3.05) is 6.61 Å². The summed E-state index contributed by atoms with van der Waals surface area (Å²) in [6.07, 6.45) is 2.64. The zero-order chi connectivity index (χ0) is 32.0. The number of carbonyl (C=O) groups excluding carboxylic acids is 1. The third-order valence-electron chi connectivity index (χ3n) is 7.56. The lowest BCUT2D eigenvalue weighted by Gasteiger charge is -2.21. The maximum Gasteiger partial charge on any atom is 0.425 e. The van der Waals surface area contributed by atoms with Crippen molar-refractivity contribution >= 4 is 11.9 Å². The van der Waals surface area contributed by atoms with Gasteiger partial charge in [-0.1, -0.05) is 95.5 Å². The lowest BCUT2D eigenvalue weighted by molar-refractivity contribution is -0.206. The molecule has 44 heavy (non-hydrogen) atoms. The first-order chi connectivity index (χ1) is 21.1. The predicted molar refractivity (Wildman–Crippen MR) is 167 cm³/mol. The minimum Gasteiger partial charge on any atom is -0.494 e.